The summed E-state index contributed by atoms with van der Waals surface area (Å²) in [5, 5.41) is 0. The Morgan fingerprint density at radius 3 is 2.39 bits per heavy atom. The van der Waals surface area contributed by atoms with E-state index in [0.29, 0.717) is 19.6 Å². The van der Waals surface area contributed by atoms with Gasteiger partial charge in [-0.2, -0.15) is 0 Å². The van der Waals surface area contributed by atoms with Gasteiger partial charge in [-0.05, 0) is 37.1 Å². The molecule has 1 atom stereocenters. The van der Waals surface area contributed by atoms with Crippen LogP contribution >= 0.6 is 0 Å². The van der Waals surface area contributed by atoms with E-state index in [4.69, 9.17) is 4.74 Å². The highest BCUT2D eigenvalue weighted by Gasteiger charge is 2.37. The van der Waals surface area contributed by atoms with Crippen LogP contribution in [0, 0.1) is 5.92 Å². The smallest absolute Gasteiger partial charge is 0.228 e. The Morgan fingerprint density at radius 1 is 1.11 bits per heavy atom. The molecule has 1 aliphatic rings. The molecule has 1 fully saturated rings. The van der Waals surface area contributed by atoms with Gasteiger partial charge in [-0.3, -0.25) is 9.59 Å². The lowest BCUT2D eigenvalue weighted by Crippen LogP contribution is -2.41. The third-order valence-corrected chi connectivity index (χ3v) is 5.20. The Hall–Kier alpha value is -2.82. The highest BCUT2D eigenvalue weighted by molar-refractivity contribution is 5.89. The standard InChI is InChI=1S/C23H28N2O3/c1-17(2)25(15-18-7-5-4-6-8-18)23(27)20-13-22(26)24(16-20)14-19-9-11-21(28-3)12-10-19/h4-12,17,20H,13-16H2,1-3H3. The van der Waals surface area contributed by atoms with Gasteiger partial charge in [0.1, 0.15) is 5.75 Å². The highest BCUT2D eigenvalue weighted by Crippen LogP contribution is 2.24. The first-order chi connectivity index (χ1) is 13.5. The van der Waals surface area contributed by atoms with Crippen LogP contribution in [0.5, 0.6) is 5.75 Å². The average molecular weight is 380 g/mol. The molecule has 148 valence electrons. The summed E-state index contributed by atoms with van der Waals surface area (Å²) in [4.78, 5) is 29.3. The van der Waals surface area contributed by atoms with Crippen molar-refractivity contribution in [3.05, 3.63) is 65.7 Å². The first-order valence-corrected chi connectivity index (χ1v) is 9.73. The van der Waals surface area contributed by atoms with Gasteiger partial charge in [-0.1, -0.05) is 42.5 Å². The zero-order valence-corrected chi connectivity index (χ0v) is 16.8. The summed E-state index contributed by atoms with van der Waals surface area (Å²) in [6, 6.07) is 17.8. The number of ether oxygens (including phenoxy) is 1. The molecule has 0 spiro atoms. The lowest BCUT2D eigenvalue weighted by Gasteiger charge is -2.29. The van der Waals surface area contributed by atoms with Gasteiger partial charge in [0.05, 0.1) is 13.0 Å². The molecule has 0 N–H and O–H groups in total. The molecule has 1 heterocycles. The van der Waals surface area contributed by atoms with Crippen LogP contribution in [0.15, 0.2) is 54.6 Å². The van der Waals surface area contributed by atoms with Crippen molar-refractivity contribution in [3.63, 3.8) is 0 Å². The zero-order chi connectivity index (χ0) is 20.1. The summed E-state index contributed by atoms with van der Waals surface area (Å²) in [6.45, 7) is 5.61. The van der Waals surface area contributed by atoms with Crippen molar-refractivity contribution in [2.75, 3.05) is 13.7 Å². The maximum atomic E-state index is 13.1. The Bertz CT molecular complexity index is 802. The molecular formula is C23H28N2O3. The van der Waals surface area contributed by atoms with Crippen molar-refractivity contribution in [1.82, 2.24) is 9.80 Å². The lowest BCUT2D eigenvalue weighted by molar-refractivity contribution is -0.138. The van der Waals surface area contributed by atoms with Gasteiger partial charge < -0.3 is 14.5 Å². The predicted molar refractivity (Wildman–Crippen MR) is 109 cm³/mol. The monoisotopic (exact) mass is 380 g/mol. The molecule has 5 heteroatoms. The second-order valence-electron chi connectivity index (χ2n) is 7.57. The fourth-order valence-electron chi connectivity index (χ4n) is 3.57. The van der Waals surface area contributed by atoms with E-state index in [2.05, 4.69) is 0 Å². The number of rotatable bonds is 7. The number of carbonyl (C=O) groups is 2. The first-order valence-electron chi connectivity index (χ1n) is 9.73. The van der Waals surface area contributed by atoms with Crippen molar-refractivity contribution >= 4 is 11.8 Å². The van der Waals surface area contributed by atoms with Crippen molar-refractivity contribution in [2.45, 2.75) is 39.4 Å². The molecule has 1 saturated heterocycles. The van der Waals surface area contributed by atoms with Crippen LogP contribution in [0.25, 0.3) is 0 Å². The van der Waals surface area contributed by atoms with Crippen LogP contribution in [-0.4, -0.2) is 41.3 Å². The van der Waals surface area contributed by atoms with Gasteiger partial charge in [0.25, 0.3) is 0 Å². The van der Waals surface area contributed by atoms with Crippen LogP contribution in [-0.2, 0) is 22.7 Å². The van der Waals surface area contributed by atoms with Crippen molar-refractivity contribution in [2.24, 2.45) is 5.92 Å². The van der Waals surface area contributed by atoms with E-state index in [1.165, 1.54) is 0 Å². The molecule has 0 aromatic heterocycles. The van der Waals surface area contributed by atoms with E-state index < -0.39 is 0 Å². The Balaban J connectivity index is 1.65. The molecule has 5 nitrogen and oxygen atoms in total. The number of nitrogens with zero attached hydrogens (tertiary/aromatic N) is 2. The average Bonchev–Trinajstić information content (AvgIpc) is 3.07. The largest absolute Gasteiger partial charge is 0.497 e. The molecule has 28 heavy (non-hydrogen) atoms. The summed E-state index contributed by atoms with van der Waals surface area (Å²) in [6.07, 6.45) is 0.285. The number of methoxy groups -OCH3 is 1. The molecular weight excluding hydrogens is 352 g/mol. The summed E-state index contributed by atoms with van der Waals surface area (Å²) in [5.41, 5.74) is 2.14. The number of amides is 2. The number of likely N-dealkylation sites (tertiary alicyclic amines) is 1. The SMILES string of the molecule is COc1ccc(CN2CC(C(=O)N(Cc3ccccc3)C(C)C)CC2=O)cc1. The number of carbonyl (C=O) groups excluding carboxylic acids is 2. The highest BCUT2D eigenvalue weighted by atomic mass is 16.5. The van der Waals surface area contributed by atoms with Crippen molar-refractivity contribution < 1.29 is 14.3 Å². The summed E-state index contributed by atoms with van der Waals surface area (Å²) >= 11 is 0. The summed E-state index contributed by atoms with van der Waals surface area (Å²) < 4.78 is 5.18. The lowest BCUT2D eigenvalue weighted by atomic mass is 10.1. The van der Waals surface area contributed by atoms with Gasteiger partial charge in [-0.25, -0.2) is 0 Å². The fraction of sp³-hybridized carbons (Fsp3) is 0.391. The molecule has 3 rings (SSSR count). The Labute approximate surface area is 166 Å². The Morgan fingerprint density at radius 2 is 1.79 bits per heavy atom. The van der Waals surface area contributed by atoms with Gasteiger partial charge in [0, 0.05) is 32.1 Å². The van der Waals surface area contributed by atoms with E-state index in [9.17, 15) is 9.59 Å². The second-order valence-corrected chi connectivity index (χ2v) is 7.57. The van der Waals surface area contributed by atoms with Crippen LogP contribution < -0.4 is 4.74 Å². The number of hydrogen-bond acceptors (Lipinski definition) is 3. The van der Waals surface area contributed by atoms with Crippen molar-refractivity contribution in [1.29, 1.82) is 0 Å². The van der Waals surface area contributed by atoms with Gasteiger partial charge in [0.2, 0.25) is 11.8 Å². The van der Waals surface area contributed by atoms with Crippen LogP contribution in [0.3, 0.4) is 0 Å². The van der Waals surface area contributed by atoms with Gasteiger partial charge in [-0.15, -0.1) is 0 Å². The fourth-order valence-corrected chi connectivity index (χ4v) is 3.57. The maximum absolute atomic E-state index is 13.1. The summed E-state index contributed by atoms with van der Waals surface area (Å²) in [5.74, 6) is 0.608. The molecule has 1 aliphatic heterocycles. The minimum absolute atomic E-state index is 0.0394. The molecule has 0 radical (unpaired) electrons. The minimum Gasteiger partial charge on any atom is -0.497 e. The van der Waals surface area contributed by atoms with Crippen molar-refractivity contribution in [3.8, 4) is 5.75 Å². The van der Waals surface area contributed by atoms with Crippen LogP contribution in [0.2, 0.25) is 0 Å². The third kappa shape index (κ3) is 4.71. The van der Waals surface area contributed by atoms with Crippen LogP contribution in [0.1, 0.15) is 31.4 Å². The minimum atomic E-state index is -0.281. The topological polar surface area (TPSA) is 49.9 Å². The number of hydrogen-bond donors (Lipinski definition) is 0. The maximum Gasteiger partial charge on any atom is 0.228 e. The van der Waals surface area contributed by atoms with E-state index in [1.54, 1.807) is 12.0 Å². The van der Waals surface area contributed by atoms with E-state index in [1.807, 2.05) is 73.3 Å². The normalized spacial score (nSPS) is 16.5. The molecule has 2 aromatic rings. The molecule has 0 aliphatic carbocycles. The zero-order valence-electron chi connectivity index (χ0n) is 16.8. The molecule has 1 unspecified atom stereocenters. The Kier molecular flexibility index (Phi) is 6.34. The number of benzene rings is 2. The van der Waals surface area contributed by atoms with E-state index >= 15 is 0 Å². The van der Waals surface area contributed by atoms with E-state index in [-0.39, 0.29) is 30.2 Å². The van der Waals surface area contributed by atoms with E-state index in [0.717, 1.165) is 16.9 Å². The molecule has 0 saturated carbocycles. The second kappa shape index (κ2) is 8.91. The molecule has 0 bridgehead atoms. The first kappa shape index (κ1) is 19.9. The van der Waals surface area contributed by atoms with Crippen LogP contribution in [0.4, 0.5) is 0 Å². The molecule has 2 aromatic carbocycles. The van der Waals surface area contributed by atoms with Gasteiger partial charge >= 0.3 is 0 Å². The quantitative estimate of drug-likeness (QED) is 0.739. The molecule has 2 amide bonds. The van der Waals surface area contributed by atoms with Gasteiger partial charge in [0.15, 0.2) is 0 Å². The predicted octanol–water partition coefficient (Wildman–Crippen LogP) is 3.48. The third-order valence-electron chi connectivity index (χ3n) is 5.20. The summed E-state index contributed by atoms with van der Waals surface area (Å²) in [7, 11) is 1.63.